The number of nitrogens with one attached hydrogen (secondary N) is 2. The molecule has 0 aliphatic heterocycles. The summed E-state index contributed by atoms with van der Waals surface area (Å²) in [5, 5.41) is 29.6. The maximum absolute atomic E-state index is 13.1. The topological polar surface area (TPSA) is 94.9 Å². The summed E-state index contributed by atoms with van der Waals surface area (Å²) in [6.07, 6.45) is 4.47. The fourth-order valence-electron chi connectivity index (χ4n) is 2.58. The van der Waals surface area contributed by atoms with Crippen LogP contribution >= 0.6 is 0 Å². The van der Waals surface area contributed by atoms with Crippen LogP contribution in [-0.4, -0.2) is 51.7 Å². The van der Waals surface area contributed by atoms with Crippen LogP contribution in [0.5, 0.6) is 11.5 Å². The van der Waals surface area contributed by atoms with E-state index in [2.05, 4.69) is 20.6 Å². The van der Waals surface area contributed by atoms with Crippen molar-refractivity contribution in [2.24, 2.45) is 9.98 Å². The Labute approximate surface area is 215 Å². The summed E-state index contributed by atoms with van der Waals surface area (Å²) in [6.45, 7) is 4.33. The van der Waals surface area contributed by atoms with Crippen molar-refractivity contribution in [1.82, 2.24) is 10.6 Å². The fourth-order valence-corrected chi connectivity index (χ4v) is 2.58. The summed E-state index contributed by atoms with van der Waals surface area (Å²) in [5.41, 5.74) is 0.529. The van der Waals surface area contributed by atoms with Crippen LogP contribution in [0.1, 0.15) is 24.0 Å². The van der Waals surface area contributed by atoms with E-state index in [-0.39, 0.29) is 63.7 Å². The average Bonchev–Trinajstić information content (AvgIpc) is 2.73. The standard InChI is InChI=1S/C22H28F2N4O2.HI.Mn/c23-19-3-5-21(29)17(13-19)15-27-9-1-7-25-11-12-26-8-2-10-28-16-18-14-20(24)4-6-22(18)30;;/h3-6,13-16,25-26,29-30H,1-2,7-12H2;1H;/q;;+3/p-3. The van der Waals surface area contributed by atoms with Crippen LogP contribution in [0, 0.1) is 11.6 Å². The van der Waals surface area contributed by atoms with Crippen molar-refractivity contribution >= 4 is 12.4 Å². The van der Waals surface area contributed by atoms with Crippen molar-refractivity contribution in [3.05, 3.63) is 59.2 Å². The van der Waals surface area contributed by atoms with Gasteiger partial charge in [-0.3, -0.25) is 9.98 Å². The second-order valence-corrected chi connectivity index (χ2v) is 6.64. The molecule has 0 saturated carbocycles. The molecule has 174 valence electrons. The van der Waals surface area contributed by atoms with Gasteiger partial charge in [0.05, 0.1) is 0 Å². The van der Waals surface area contributed by atoms with Crippen molar-refractivity contribution in [3.8, 4) is 11.5 Å². The first kappa shape index (κ1) is 30.4. The molecule has 2 rings (SSSR count). The molecule has 0 saturated heterocycles. The molecule has 0 heterocycles. The van der Waals surface area contributed by atoms with E-state index in [1.807, 2.05) is 0 Å². The minimum absolute atomic E-state index is 0. The van der Waals surface area contributed by atoms with Gasteiger partial charge in [-0.25, -0.2) is 8.78 Å². The van der Waals surface area contributed by atoms with E-state index in [0.29, 0.717) is 13.1 Å². The molecular weight excluding hydrogens is 572 g/mol. The number of halogens is 3. The number of aliphatic imine (C=N–C) groups is 2. The van der Waals surface area contributed by atoms with Crippen molar-refractivity contribution in [2.75, 3.05) is 39.3 Å². The van der Waals surface area contributed by atoms with E-state index in [0.717, 1.165) is 51.2 Å². The van der Waals surface area contributed by atoms with Crippen LogP contribution in [0.2, 0.25) is 0 Å². The summed E-state index contributed by atoms with van der Waals surface area (Å²) in [4.78, 5) is 8.30. The zero-order valence-corrected chi connectivity index (χ0v) is 20.8. The first-order valence-corrected chi connectivity index (χ1v) is 9.90. The maximum Gasteiger partial charge on any atom is 3.00 e. The normalized spacial score (nSPS) is 10.9. The molecule has 0 unspecified atom stereocenters. The predicted octanol–water partition coefficient (Wildman–Crippen LogP) is -1.39. The molecule has 0 amide bonds. The van der Waals surface area contributed by atoms with Crippen LogP contribution in [0.15, 0.2) is 46.4 Å². The van der Waals surface area contributed by atoms with E-state index in [9.17, 15) is 19.0 Å². The third-order valence-electron chi connectivity index (χ3n) is 4.16. The molecule has 0 aromatic heterocycles. The van der Waals surface area contributed by atoms with Crippen LogP contribution in [0.3, 0.4) is 0 Å². The van der Waals surface area contributed by atoms with E-state index in [1.165, 1.54) is 36.7 Å². The van der Waals surface area contributed by atoms with Crippen LogP contribution in [0.25, 0.3) is 0 Å². The molecule has 0 fully saturated rings. The zero-order chi connectivity index (χ0) is 21.6. The van der Waals surface area contributed by atoms with Gasteiger partial charge in [-0.2, -0.15) is 0 Å². The van der Waals surface area contributed by atoms with Gasteiger partial charge in [0.15, 0.2) is 0 Å². The molecule has 0 atom stereocenters. The Hall–Kier alpha value is -1.59. The van der Waals surface area contributed by atoms with E-state index in [1.54, 1.807) is 0 Å². The molecule has 32 heavy (non-hydrogen) atoms. The van der Waals surface area contributed by atoms with Gasteiger partial charge >= 0.3 is 17.1 Å². The van der Waals surface area contributed by atoms with Crippen LogP contribution < -0.4 is 44.8 Å². The smallest absolute Gasteiger partial charge is 1.00 e. The first-order chi connectivity index (χ1) is 14.6. The SMILES string of the molecule is [I-].[Mn+3].[O-]c1ccc(F)cc1C=NCCCNCCNCCCN=Cc1cc(F)ccc1[O-]. The van der Waals surface area contributed by atoms with Crippen molar-refractivity contribution in [3.63, 3.8) is 0 Å². The molecule has 0 spiro atoms. The van der Waals surface area contributed by atoms with Gasteiger partial charge in [-0.1, -0.05) is 23.6 Å². The van der Waals surface area contributed by atoms with Crippen LogP contribution in [-0.2, 0) is 17.1 Å². The second-order valence-electron chi connectivity index (χ2n) is 6.64. The molecule has 2 aromatic rings. The fraction of sp³-hybridized carbons (Fsp3) is 0.364. The number of hydrogen-bond acceptors (Lipinski definition) is 6. The summed E-state index contributed by atoms with van der Waals surface area (Å²) in [6, 6.07) is 7.05. The molecule has 0 aliphatic rings. The van der Waals surface area contributed by atoms with E-state index >= 15 is 0 Å². The molecule has 0 aliphatic carbocycles. The Kier molecular flexibility index (Phi) is 17.0. The van der Waals surface area contributed by atoms with E-state index in [4.69, 9.17) is 0 Å². The van der Waals surface area contributed by atoms with Crippen molar-refractivity contribution in [1.29, 1.82) is 0 Å². The summed E-state index contributed by atoms with van der Waals surface area (Å²) >= 11 is 0. The van der Waals surface area contributed by atoms with Gasteiger partial charge in [-0.05, 0) is 61.3 Å². The molecule has 2 N–H and O–H groups in total. The van der Waals surface area contributed by atoms with Crippen molar-refractivity contribution in [2.45, 2.75) is 12.8 Å². The second kappa shape index (κ2) is 17.9. The Morgan fingerprint density at radius 2 is 1.12 bits per heavy atom. The van der Waals surface area contributed by atoms with Gasteiger partial charge in [-0.15, -0.1) is 0 Å². The largest absolute Gasteiger partial charge is 3.00 e. The average molecular weight is 598 g/mol. The third-order valence-corrected chi connectivity index (χ3v) is 4.16. The minimum atomic E-state index is -0.444. The Morgan fingerprint density at radius 3 is 1.53 bits per heavy atom. The predicted molar refractivity (Wildman–Crippen MR) is 112 cm³/mol. The number of nitrogens with zero attached hydrogens (tertiary/aromatic N) is 2. The summed E-state index contributed by atoms with van der Waals surface area (Å²) in [5.74, 6) is -1.36. The van der Waals surface area contributed by atoms with Gasteiger partial charge in [0, 0.05) is 38.6 Å². The van der Waals surface area contributed by atoms with Gasteiger partial charge in [0.1, 0.15) is 11.6 Å². The summed E-state index contributed by atoms with van der Waals surface area (Å²) < 4.78 is 26.1. The molecule has 6 nitrogen and oxygen atoms in total. The Balaban J connectivity index is 0.00000480. The van der Waals surface area contributed by atoms with Gasteiger partial charge in [0.25, 0.3) is 0 Å². The zero-order valence-electron chi connectivity index (χ0n) is 17.5. The molecule has 0 bridgehead atoms. The molecule has 10 heteroatoms. The minimum Gasteiger partial charge on any atom is -1.00 e. The number of hydrogen-bond donors (Lipinski definition) is 2. The maximum atomic E-state index is 13.1. The molecular formula is C22H26F2IMnN4O2. The Bertz CT molecular complexity index is 787. The number of rotatable bonds is 13. The molecule has 0 radical (unpaired) electrons. The summed E-state index contributed by atoms with van der Waals surface area (Å²) in [7, 11) is 0. The Morgan fingerprint density at radius 1 is 0.719 bits per heavy atom. The van der Waals surface area contributed by atoms with Gasteiger partial charge in [0.2, 0.25) is 0 Å². The quantitative estimate of drug-likeness (QED) is 0.129. The van der Waals surface area contributed by atoms with E-state index < -0.39 is 11.6 Å². The van der Waals surface area contributed by atoms with Gasteiger partial charge < -0.3 is 44.8 Å². The van der Waals surface area contributed by atoms with Crippen molar-refractivity contribution < 1.29 is 60.0 Å². The first-order valence-electron chi connectivity index (χ1n) is 9.90. The monoisotopic (exact) mass is 598 g/mol. The third kappa shape index (κ3) is 12.4. The number of benzene rings is 2. The molecule has 2 aromatic carbocycles. The van der Waals surface area contributed by atoms with Crippen LogP contribution in [0.4, 0.5) is 8.78 Å².